The Bertz CT molecular complexity index is 543. The first kappa shape index (κ1) is 12.4. The minimum Gasteiger partial charge on any atom is -0.314 e. The molecule has 0 bridgehead atoms. The van der Waals surface area contributed by atoms with E-state index in [-0.39, 0.29) is 17.3 Å². The Hall–Kier alpha value is -1.68. The summed E-state index contributed by atoms with van der Waals surface area (Å²) in [4.78, 5) is 13.9. The van der Waals surface area contributed by atoms with Gasteiger partial charge in [-0.15, -0.1) is 0 Å². The molecule has 0 unspecified atom stereocenters. The van der Waals surface area contributed by atoms with Crippen molar-refractivity contribution in [3.05, 3.63) is 42.2 Å². The standard InChI is InChI=1S/C15H17FN2O/c1-11-10-15(7-8-17-11)6-5-14(19)18(15)13-4-2-3-12(16)9-13/h2-6,9,11,17H,7-8,10H2,1H3/t11-,15+/m0/s1. The molecule has 1 spiro atoms. The number of amides is 1. The van der Waals surface area contributed by atoms with Crippen LogP contribution >= 0.6 is 0 Å². The zero-order valence-corrected chi connectivity index (χ0v) is 10.9. The molecule has 1 N–H and O–H groups in total. The minimum atomic E-state index is -0.311. The average Bonchev–Trinajstić information content (AvgIpc) is 2.66. The third-order valence-corrected chi connectivity index (χ3v) is 3.98. The SMILES string of the molecule is C[C@H]1C[C@@]2(C=CC(=O)N2c2cccc(F)c2)CCN1. The van der Waals surface area contributed by atoms with Crippen molar-refractivity contribution in [2.24, 2.45) is 0 Å². The lowest BCUT2D eigenvalue weighted by Gasteiger charge is -2.43. The second kappa shape index (κ2) is 4.46. The van der Waals surface area contributed by atoms with Crippen LogP contribution in [0.4, 0.5) is 10.1 Å². The van der Waals surface area contributed by atoms with Crippen molar-refractivity contribution in [2.75, 3.05) is 11.4 Å². The predicted octanol–water partition coefficient (Wildman–Crippen LogP) is 2.24. The van der Waals surface area contributed by atoms with Crippen molar-refractivity contribution in [1.29, 1.82) is 0 Å². The van der Waals surface area contributed by atoms with Crippen molar-refractivity contribution in [3.63, 3.8) is 0 Å². The Labute approximate surface area is 112 Å². The van der Waals surface area contributed by atoms with Gasteiger partial charge in [0.05, 0.1) is 5.54 Å². The van der Waals surface area contributed by atoms with Gasteiger partial charge in [-0.2, -0.15) is 0 Å². The molecular formula is C15H17FN2O. The van der Waals surface area contributed by atoms with E-state index in [1.807, 2.05) is 6.08 Å². The van der Waals surface area contributed by atoms with Crippen LogP contribution in [-0.4, -0.2) is 24.0 Å². The van der Waals surface area contributed by atoms with E-state index in [0.717, 1.165) is 19.4 Å². The van der Waals surface area contributed by atoms with E-state index in [9.17, 15) is 9.18 Å². The zero-order chi connectivity index (χ0) is 13.5. The lowest BCUT2D eigenvalue weighted by Crippen LogP contribution is -2.55. The number of hydrogen-bond acceptors (Lipinski definition) is 2. The highest BCUT2D eigenvalue weighted by molar-refractivity contribution is 6.06. The number of nitrogens with zero attached hydrogens (tertiary/aromatic N) is 1. The maximum atomic E-state index is 13.4. The highest BCUT2D eigenvalue weighted by Gasteiger charge is 2.44. The third-order valence-electron chi connectivity index (χ3n) is 3.98. The van der Waals surface area contributed by atoms with Gasteiger partial charge < -0.3 is 5.32 Å². The quantitative estimate of drug-likeness (QED) is 0.840. The summed E-state index contributed by atoms with van der Waals surface area (Å²) in [5, 5.41) is 3.39. The Balaban J connectivity index is 2.00. The molecular weight excluding hydrogens is 243 g/mol. The maximum absolute atomic E-state index is 13.4. The topological polar surface area (TPSA) is 32.3 Å². The fraction of sp³-hybridized carbons (Fsp3) is 0.400. The minimum absolute atomic E-state index is 0.0558. The van der Waals surface area contributed by atoms with E-state index in [1.54, 1.807) is 23.1 Å². The number of piperidine rings is 1. The highest BCUT2D eigenvalue weighted by Crippen LogP contribution is 2.38. The van der Waals surface area contributed by atoms with Crippen LogP contribution < -0.4 is 10.2 Å². The van der Waals surface area contributed by atoms with Gasteiger partial charge in [0.25, 0.3) is 5.91 Å². The van der Waals surface area contributed by atoms with E-state index < -0.39 is 0 Å². The normalized spacial score (nSPS) is 30.3. The first-order valence-corrected chi connectivity index (χ1v) is 6.63. The zero-order valence-electron chi connectivity index (χ0n) is 10.9. The molecule has 3 nitrogen and oxygen atoms in total. The van der Waals surface area contributed by atoms with Crippen molar-refractivity contribution >= 4 is 11.6 Å². The number of halogens is 1. The van der Waals surface area contributed by atoms with Crippen LogP contribution in [0.2, 0.25) is 0 Å². The van der Waals surface area contributed by atoms with Crippen LogP contribution in [0, 0.1) is 5.82 Å². The predicted molar refractivity (Wildman–Crippen MR) is 72.5 cm³/mol. The number of anilines is 1. The fourth-order valence-electron chi connectivity index (χ4n) is 3.19. The van der Waals surface area contributed by atoms with Gasteiger partial charge in [0.15, 0.2) is 0 Å². The number of nitrogens with one attached hydrogen (secondary N) is 1. The molecule has 1 amide bonds. The molecule has 4 heteroatoms. The van der Waals surface area contributed by atoms with Crippen LogP contribution in [0.1, 0.15) is 19.8 Å². The molecule has 1 saturated heterocycles. The molecule has 2 aliphatic heterocycles. The van der Waals surface area contributed by atoms with Gasteiger partial charge in [0.1, 0.15) is 5.82 Å². The van der Waals surface area contributed by atoms with E-state index in [4.69, 9.17) is 0 Å². The highest BCUT2D eigenvalue weighted by atomic mass is 19.1. The maximum Gasteiger partial charge on any atom is 0.251 e. The van der Waals surface area contributed by atoms with E-state index >= 15 is 0 Å². The number of carbonyl (C=O) groups is 1. The molecule has 0 saturated carbocycles. The molecule has 2 heterocycles. The lowest BCUT2D eigenvalue weighted by molar-refractivity contribution is -0.114. The summed E-state index contributed by atoms with van der Waals surface area (Å²) < 4.78 is 13.4. The van der Waals surface area contributed by atoms with Crippen LogP contribution in [0.15, 0.2) is 36.4 Å². The first-order chi connectivity index (χ1) is 9.11. The Morgan fingerprint density at radius 3 is 3.05 bits per heavy atom. The van der Waals surface area contributed by atoms with E-state index in [1.165, 1.54) is 12.1 Å². The number of carbonyl (C=O) groups excluding carboxylic acids is 1. The van der Waals surface area contributed by atoms with Gasteiger partial charge >= 0.3 is 0 Å². The first-order valence-electron chi connectivity index (χ1n) is 6.63. The van der Waals surface area contributed by atoms with Crippen LogP contribution in [0.25, 0.3) is 0 Å². The summed E-state index contributed by atoms with van der Waals surface area (Å²) in [7, 11) is 0. The number of hydrogen-bond donors (Lipinski definition) is 1. The number of rotatable bonds is 1. The van der Waals surface area contributed by atoms with E-state index in [2.05, 4.69) is 12.2 Å². The summed E-state index contributed by atoms with van der Waals surface area (Å²) in [6, 6.07) is 6.62. The number of benzene rings is 1. The van der Waals surface area contributed by atoms with Crippen LogP contribution in [0.3, 0.4) is 0 Å². The van der Waals surface area contributed by atoms with Gasteiger partial charge in [-0.05, 0) is 44.5 Å². The second-order valence-corrected chi connectivity index (χ2v) is 5.40. The van der Waals surface area contributed by atoms with Crippen molar-refractivity contribution in [1.82, 2.24) is 5.32 Å². The van der Waals surface area contributed by atoms with Gasteiger partial charge in [-0.25, -0.2) is 4.39 Å². The Kier molecular flexibility index (Phi) is 2.90. The molecule has 0 aliphatic carbocycles. The van der Waals surface area contributed by atoms with E-state index in [0.29, 0.717) is 11.7 Å². The molecule has 2 aliphatic rings. The second-order valence-electron chi connectivity index (χ2n) is 5.40. The van der Waals surface area contributed by atoms with Crippen LogP contribution in [-0.2, 0) is 4.79 Å². The van der Waals surface area contributed by atoms with Crippen molar-refractivity contribution in [2.45, 2.75) is 31.3 Å². The Morgan fingerprint density at radius 2 is 2.32 bits per heavy atom. The fourth-order valence-corrected chi connectivity index (χ4v) is 3.19. The van der Waals surface area contributed by atoms with Crippen molar-refractivity contribution < 1.29 is 9.18 Å². The smallest absolute Gasteiger partial charge is 0.251 e. The summed E-state index contributed by atoms with van der Waals surface area (Å²) >= 11 is 0. The molecule has 1 aromatic rings. The molecule has 1 fully saturated rings. The molecule has 1 aromatic carbocycles. The molecule has 0 aromatic heterocycles. The summed E-state index contributed by atoms with van der Waals surface area (Å²) in [6.07, 6.45) is 5.31. The third kappa shape index (κ3) is 2.06. The molecule has 3 rings (SSSR count). The largest absolute Gasteiger partial charge is 0.314 e. The van der Waals surface area contributed by atoms with Gasteiger partial charge in [-0.3, -0.25) is 9.69 Å². The van der Waals surface area contributed by atoms with Gasteiger partial charge in [-0.1, -0.05) is 12.1 Å². The molecule has 0 radical (unpaired) electrons. The lowest BCUT2D eigenvalue weighted by atomic mass is 9.84. The average molecular weight is 260 g/mol. The van der Waals surface area contributed by atoms with Crippen molar-refractivity contribution in [3.8, 4) is 0 Å². The molecule has 19 heavy (non-hydrogen) atoms. The summed E-state index contributed by atoms with van der Waals surface area (Å²) in [5.41, 5.74) is 0.347. The summed E-state index contributed by atoms with van der Waals surface area (Å²) in [5.74, 6) is -0.367. The van der Waals surface area contributed by atoms with Gasteiger partial charge in [0.2, 0.25) is 0 Å². The monoisotopic (exact) mass is 260 g/mol. The molecule has 2 atom stereocenters. The van der Waals surface area contributed by atoms with Gasteiger partial charge in [0, 0.05) is 17.8 Å². The van der Waals surface area contributed by atoms with Crippen LogP contribution in [0.5, 0.6) is 0 Å². The Morgan fingerprint density at radius 1 is 1.47 bits per heavy atom. The summed E-state index contributed by atoms with van der Waals surface area (Å²) in [6.45, 7) is 2.98. The molecule has 100 valence electrons.